The van der Waals surface area contributed by atoms with Gasteiger partial charge in [-0.05, 0) is 61.4 Å². The van der Waals surface area contributed by atoms with Gasteiger partial charge < -0.3 is 9.47 Å². The van der Waals surface area contributed by atoms with Gasteiger partial charge in [-0.25, -0.2) is 0 Å². The van der Waals surface area contributed by atoms with E-state index < -0.39 is 0 Å². The third-order valence-corrected chi connectivity index (χ3v) is 6.49. The molecule has 192 valence electrons. The van der Waals surface area contributed by atoms with Crippen molar-refractivity contribution in [2.75, 3.05) is 0 Å². The van der Waals surface area contributed by atoms with E-state index in [1.54, 1.807) is 0 Å². The first-order valence-electron chi connectivity index (χ1n) is 13.2. The maximum Gasteiger partial charge on any atom is 0.311 e. The highest BCUT2D eigenvalue weighted by Crippen LogP contribution is 2.33. The van der Waals surface area contributed by atoms with Crippen molar-refractivity contribution in [2.24, 2.45) is 0 Å². The molecule has 2 aromatic carbocycles. The van der Waals surface area contributed by atoms with Crippen LogP contribution in [0.15, 0.2) is 48.5 Å². The Bertz CT molecular complexity index is 908. The summed E-state index contributed by atoms with van der Waals surface area (Å²) in [7, 11) is 0. The average molecular weight is 481 g/mol. The quantitative estimate of drug-likeness (QED) is 0.156. The third-order valence-electron chi connectivity index (χ3n) is 6.49. The van der Waals surface area contributed by atoms with Crippen LogP contribution in [0.1, 0.15) is 116 Å². The highest BCUT2D eigenvalue weighted by atomic mass is 16.5. The van der Waals surface area contributed by atoms with Crippen molar-refractivity contribution in [3.8, 4) is 5.75 Å². The number of unbranched alkanes of at least 4 members (excludes halogenated alkanes) is 5. The first-order chi connectivity index (χ1) is 16.6. The standard InChI is InChI=1S/C31H44O4/c1-23(2)25-15-17-26(18-16-25)31(5,6)27-19-21-28(22-20-27)35-30(33)14-12-10-8-7-9-11-13-29(32)34-24(3)4/h15-24H,7-14H2,1-6H3. The summed E-state index contributed by atoms with van der Waals surface area (Å²) in [5, 5.41) is 0. The molecule has 0 saturated heterocycles. The Morgan fingerprint density at radius 1 is 0.686 bits per heavy atom. The summed E-state index contributed by atoms with van der Waals surface area (Å²) >= 11 is 0. The zero-order chi connectivity index (χ0) is 25.8. The van der Waals surface area contributed by atoms with Crippen molar-refractivity contribution in [3.05, 3.63) is 65.2 Å². The fourth-order valence-electron chi connectivity index (χ4n) is 4.14. The fourth-order valence-corrected chi connectivity index (χ4v) is 4.14. The van der Waals surface area contributed by atoms with E-state index in [4.69, 9.17) is 9.47 Å². The predicted octanol–water partition coefficient (Wildman–Crippen LogP) is 8.11. The molecule has 0 heterocycles. The Morgan fingerprint density at radius 2 is 1.14 bits per heavy atom. The largest absolute Gasteiger partial charge is 0.463 e. The topological polar surface area (TPSA) is 52.6 Å². The van der Waals surface area contributed by atoms with Crippen LogP contribution in [0.25, 0.3) is 0 Å². The van der Waals surface area contributed by atoms with E-state index in [0.717, 1.165) is 38.5 Å². The lowest BCUT2D eigenvalue weighted by Crippen LogP contribution is -2.19. The molecular formula is C31H44O4. The van der Waals surface area contributed by atoms with E-state index in [1.165, 1.54) is 16.7 Å². The van der Waals surface area contributed by atoms with Gasteiger partial charge in [0.1, 0.15) is 5.75 Å². The van der Waals surface area contributed by atoms with E-state index in [-0.39, 0.29) is 23.5 Å². The second-order valence-electron chi connectivity index (χ2n) is 10.6. The Morgan fingerprint density at radius 3 is 1.63 bits per heavy atom. The highest BCUT2D eigenvalue weighted by molar-refractivity contribution is 5.72. The molecule has 0 aliphatic rings. The Balaban J connectivity index is 1.69. The van der Waals surface area contributed by atoms with Crippen LogP contribution in [-0.2, 0) is 19.7 Å². The number of benzene rings is 2. The van der Waals surface area contributed by atoms with E-state index in [9.17, 15) is 9.59 Å². The Labute approximate surface area is 212 Å². The van der Waals surface area contributed by atoms with Gasteiger partial charge in [-0.2, -0.15) is 0 Å². The molecule has 4 heteroatoms. The Hall–Kier alpha value is -2.62. The SMILES string of the molecule is CC(C)OC(=O)CCCCCCCCC(=O)Oc1ccc(C(C)(C)c2ccc(C(C)C)cc2)cc1. The number of hydrogen-bond donors (Lipinski definition) is 0. The van der Waals surface area contributed by atoms with Crippen molar-refractivity contribution >= 4 is 11.9 Å². The zero-order valence-electron chi connectivity index (χ0n) is 22.6. The molecule has 2 rings (SSSR count). The first kappa shape index (κ1) is 28.6. The molecule has 35 heavy (non-hydrogen) atoms. The van der Waals surface area contributed by atoms with Gasteiger partial charge in [0.05, 0.1) is 6.10 Å². The minimum Gasteiger partial charge on any atom is -0.463 e. The van der Waals surface area contributed by atoms with Crippen molar-refractivity contribution in [1.82, 2.24) is 0 Å². The minimum atomic E-state index is -0.183. The van der Waals surface area contributed by atoms with Crippen LogP contribution in [-0.4, -0.2) is 18.0 Å². The molecule has 0 spiro atoms. The second-order valence-corrected chi connectivity index (χ2v) is 10.6. The molecule has 4 nitrogen and oxygen atoms in total. The number of carbonyl (C=O) groups is 2. The van der Waals surface area contributed by atoms with Crippen LogP contribution in [0, 0.1) is 0 Å². The van der Waals surface area contributed by atoms with Crippen LogP contribution in [0.3, 0.4) is 0 Å². The number of carbonyl (C=O) groups excluding carboxylic acids is 2. The lowest BCUT2D eigenvalue weighted by molar-refractivity contribution is -0.147. The van der Waals surface area contributed by atoms with Crippen molar-refractivity contribution in [3.63, 3.8) is 0 Å². The van der Waals surface area contributed by atoms with Crippen LogP contribution in [0.2, 0.25) is 0 Å². The fraction of sp³-hybridized carbons (Fsp3) is 0.548. The molecule has 0 amide bonds. The first-order valence-corrected chi connectivity index (χ1v) is 13.2. The van der Waals surface area contributed by atoms with E-state index in [0.29, 0.717) is 24.5 Å². The van der Waals surface area contributed by atoms with Crippen molar-refractivity contribution < 1.29 is 19.1 Å². The summed E-state index contributed by atoms with van der Waals surface area (Å²) in [5.41, 5.74) is 3.66. The lowest BCUT2D eigenvalue weighted by Gasteiger charge is -2.26. The molecule has 0 unspecified atom stereocenters. The molecule has 0 saturated carbocycles. The molecule has 2 aromatic rings. The van der Waals surface area contributed by atoms with Gasteiger partial charge in [-0.1, -0.05) is 89.8 Å². The molecule has 0 aromatic heterocycles. The number of ether oxygens (including phenoxy) is 2. The van der Waals surface area contributed by atoms with Gasteiger partial charge in [0.15, 0.2) is 0 Å². The smallest absolute Gasteiger partial charge is 0.311 e. The van der Waals surface area contributed by atoms with Crippen molar-refractivity contribution in [1.29, 1.82) is 0 Å². The van der Waals surface area contributed by atoms with E-state index in [1.807, 2.05) is 26.0 Å². The molecule has 0 bridgehead atoms. The second kappa shape index (κ2) is 14.1. The van der Waals surface area contributed by atoms with Gasteiger partial charge in [-0.3, -0.25) is 9.59 Å². The molecule has 0 N–H and O–H groups in total. The average Bonchev–Trinajstić information content (AvgIpc) is 2.80. The van der Waals surface area contributed by atoms with Crippen LogP contribution in [0.5, 0.6) is 5.75 Å². The van der Waals surface area contributed by atoms with E-state index in [2.05, 4.69) is 64.1 Å². The Kier molecular flexibility index (Phi) is 11.5. The van der Waals surface area contributed by atoms with Gasteiger partial charge in [-0.15, -0.1) is 0 Å². The summed E-state index contributed by atoms with van der Waals surface area (Å²) in [6, 6.07) is 16.7. The number of hydrogen-bond acceptors (Lipinski definition) is 4. The third kappa shape index (κ3) is 9.87. The maximum absolute atomic E-state index is 12.2. The molecule has 0 atom stereocenters. The molecule has 0 aliphatic heterocycles. The normalized spacial score (nSPS) is 11.7. The summed E-state index contributed by atoms with van der Waals surface area (Å²) in [6.45, 7) is 12.6. The number of esters is 2. The summed E-state index contributed by atoms with van der Waals surface area (Å²) < 4.78 is 10.7. The van der Waals surface area contributed by atoms with Gasteiger partial charge in [0, 0.05) is 18.3 Å². The summed E-state index contributed by atoms with van der Waals surface area (Å²) in [6.07, 6.45) is 6.71. The lowest BCUT2D eigenvalue weighted by atomic mass is 9.77. The van der Waals surface area contributed by atoms with Crippen LogP contribution < -0.4 is 4.74 Å². The van der Waals surface area contributed by atoms with Gasteiger partial charge in [0.2, 0.25) is 0 Å². The van der Waals surface area contributed by atoms with Crippen molar-refractivity contribution in [2.45, 2.75) is 110 Å². The minimum absolute atomic E-state index is 0.0421. The highest BCUT2D eigenvalue weighted by Gasteiger charge is 2.23. The maximum atomic E-state index is 12.2. The van der Waals surface area contributed by atoms with Gasteiger partial charge in [0.25, 0.3) is 0 Å². The number of rotatable bonds is 14. The molecule has 0 radical (unpaired) electrons. The molecule has 0 fully saturated rings. The monoisotopic (exact) mass is 480 g/mol. The zero-order valence-corrected chi connectivity index (χ0v) is 22.6. The van der Waals surface area contributed by atoms with Crippen LogP contribution in [0.4, 0.5) is 0 Å². The predicted molar refractivity (Wildman–Crippen MR) is 143 cm³/mol. The molecular weight excluding hydrogens is 436 g/mol. The molecule has 0 aliphatic carbocycles. The summed E-state index contributed by atoms with van der Waals surface area (Å²) in [5.74, 6) is 0.823. The van der Waals surface area contributed by atoms with Gasteiger partial charge >= 0.3 is 11.9 Å². The summed E-state index contributed by atoms with van der Waals surface area (Å²) in [4.78, 5) is 23.7. The van der Waals surface area contributed by atoms with E-state index >= 15 is 0 Å². The van der Waals surface area contributed by atoms with Crippen LogP contribution >= 0.6 is 0 Å².